The quantitative estimate of drug-likeness (QED) is 0.298. The van der Waals surface area contributed by atoms with E-state index in [1.54, 1.807) is 0 Å². The Balaban J connectivity index is 2.35. The molecule has 6 nitrogen and oxygen atoms in total. The molecule has 2 aliphatic rings. The van der Waals surface area contributed by atoms with Gasteiger partial charge in [0.05, 0.1) is 12.7 Å². The summed E-state index contributed by atoms with van der Waals surface area (Å²) in [6, 6.07) is 0. The minimum atomic E-state index is -0.942. The zero-order chi connectivity index (χ0) is 23.6. The SMILES string of the molecule is CC1=C(CC/C(C)=C/C(=O)O)[C@@]2(C)CC[C@@H](OC(=O)CC(C)C)[C@](C)(CO)[C@@H]2[C@H](O)C1. The molecule has 5 atom stereocenters. The lowest BCUT2D eigenvalue weighted by Gasteiger charge is -2.59. The Morgan fingerprint density at radius 2 is 1.94 bits per heavy atom. The third-order valence-corrected chi connectivity index (χ3v) is 7.49. The van der Waals surface area contributed by atoms with Gasteiger partial charge in [-0.1, -0.05) is 44.4 Å². The van der Waals surface area contributed by atoms with Gasteiger partial charge in [-0.3, -0.25) is 4.79 Å². The van der Waals surface area contributed by atoms with E-state index >= 15 is 0 Å². The van der Waals surface area contributed by atoms with Crippen molar-refractivity contribution in [1.82, 2.24) is 0 Å². The van der Waals surface area contributed by atoms with E-state index in [0.29, 0.717) is 25.7 Å². The molecule has 1 fully saturated rings. The Kier molecular flexibility index (Phi) is 8.15. The molecule has 0 unspecified atom stereocenters. The number of aliphatic hydroxyl groups excluding tert-OH is 2. The number of hydrogen-bond donors (Lipinski definition) is 3. The number of carbonyl (C=O) groups excluding carboxylic acids is 1. The summed E-state index contributed by atoms with van der Waals surface area (Å²) >= 11 is 0. The average molecular weight is 437 g/mol. The summed E-state index contributed by atoms with van der Waals surface area (Å²) < 4.78 is 5.85. The van der Waals surface area contributed by atoms with Crippen molar-refractivity contribution < 1.29 is 29.6 Å². The van der Waals surface area contributed by atoms with Crippen molar-refractivity contribution >= 4 is 11.9 Å². The van der Waals surface area contributed by atoms with Crippen LogP contribution in [0.5, 0.6) is 0 Å². The van der Waals surface area contributed by atoms with E-state index in [1.807, 2.05) is 34.6 Å². The molecule has 0 aromatic heterocycles. The lowest BCUT2D eigenvalue weighted by molar-refractivity contribution is -0.191. The molecule has 0 aromatic rings. The van der Waals surface area contributed by atoms with Crippen molar-refractivity contribution in [3.63, 3.8) is 0 Å². The fourth-order valence-corrected chi connectivity index (χ4v) is 6.13. The Morgan fingerprint density at radius 3 is 2.48 bits per heavy atom. The molecule has 0 aromatic carbocycles. The number of allylic oxidation sites excluding steroid dienone is 2. The molecule has 0 saturated heterocycles. The van der Waals surface area contributed by atoms with Crippen molar-refractivity contribution in [2.75, 3.05) is 6.61 Å². The first-order valence-electron chi connectivity index (χ1n) is 11.4. The lowest BCUT2D eigenvalue weighted by atomic mass is 9.47. The molecule has 2 aliphatic carbocycles. The second-order valence-corrected chi connectivity index (χ2v) is 10.5. The predicted molar refractivity (Wildman–Crippen MR) is 119 cm³/mol. The van der Waals surface area contributed by atoms with Crippen LogP contribution in [0.3, 0.4) is 0 Å². The first kappa shape index (κ1) is 25.6. The lowest BCUT2D eigenvalue weighted by Crippen LogP contribution is -2.60. The normalized spacial score (nSPS) is 34.0. The van der Waals surface area contributed by atoms with Gasteiger partial charge in [-0.25, -0.2) is 4.79 Å². The van der Waals surface area contributed by atoms with Gasteiger partial charge >= 0.3 is 11.9 Å². The Hall–Kier alpha value is -1.66. The summed E-state index contributed by atoms with van der Waals surface area (Å²) in [7, 11) is 0. The Morgan fingerprint density at radius 1 is 1.29 bits per heavy atom. The molecule has 0 bridgehead atoms. The van der Waals surface area contributed by atoms with Crippen LogP contribution in [0.1, 0.15) is 80.1 Å². The zero-order valence-electron chi connectivity index (χ0n) is 19.9. The molecule has 0 amide bonds. The molecule has 0 aliphatic heterocycles. The highest BCUT2D eigenvalue weighted by molar-refractivity contribution is 5.80. The maximum atomic E-state index is 12.4. The number of carboxylic acid groups (broad SMARTS) is 1. The minimum absolute atomic E-state index is 0.172. The maximum Gasteiger partial charge on any atom is 0.328 e. The molecule has 31 heavy (non-hydrogen) atoms. The van der Waals surface area contributed by atoms with E-state index in [1.165, 1.54) is 11.6 Å². The van der Waals surface area contributed by atoms with Crippen LogP contribution in [-0.2, 0) is 14.3 Å². The highest BCUT2D eigenvalue weighted by Gasteiger charge is 2.60. The number of hydrogen-bond acceptors (Lipinski definition) is 5. The van der Waals surface area contributed by atoms with Gasteiger partial charge in [-0.2, -0.15) is 0 Å². The van der Waals surface area contributed by atoms with Gasteiger partial charge in [0.15, 0.2) is 0 Å². The molecule has 3 N–H and O–H groups in total. The van der Waals surface area contributed by atoms with Crippen LogP contribution < -0.4 is 0 Å². The van der Waals surface area contributed by atoms with Crippen LogP contribution in [0.25, 0.3) is 0 Å². The Bertz CT molecular complexity index is 751. The van der Waals surface area contributed by atoms with Gasteiger partial charge in [-0.15, -0.1) is 0 Å². The number of carboxylic acids is 1. The van der Waals surface area contributed by atoms with Crippen LogP contribution in [0, 0.1) is 22.7 Å². The van der Waals surface area contributed by atoms with Gasteiger partial charge in [-0.05, 0) is 57.3 Å². The fraction of sp³-hybridized carbons (Fsp3) is 0.760. The maximum absolute atomic E-state index is 12.4. The summed E-state index contributed by atoms with van der Waals surface area (Å²) in [5.41, 5.74) is 2.10. The molecule has 1 saturated carbocycles. The largest absolute Gasteiger partial charge is 0.478 e. The van der Waals surface area contributed by atoms with Crippen LogP contribution in [0.4, 0.5) is 0 Å². The smallest absolute Gasteiger partial charge is 0.328 e. The summed E-state index contributed by atoms with van der Waals surface area (Å²) in [4.78, 5) is 23.4. The molecule has 2 rings (SSSR count). The van der Waals surface area contributed by atoms with Gasteiger partial charge in [0.1, 0.15) is 6.10 Å². The topological polar surface area (TPSA) is 104 Å². The van der Waals surface area contributed by atoms with E-state index in [0.717, 1.165) is 24.0 Å². The minimum Gasteiger partial charge on any atom is -0.478 e. The van der Waals surface area contributed by atoms with E-state index in [-0.39, 0.29) is 29.8 Å². The van der Waals surface area contributed by atoms with Gasteiger partial charge in [0, 0.05) is 23.8 Å². The number of fused-ring (bicyclic) bond motifs is 1. The summed E-state index contributed by atoms with van der Waals surface area (Å²) in [5.74, 6) is -1.25. The Labute approximate surface area is 186 Å². The first-order valence-corrected chi connectivity index (χ1v) is 11.4. The van der Waals surface area contributed by atoms with E-state index in [9.17, 15) is 19.8 Å². The van der Waals surface area contributed by atoms with Gasteiger partial charge in [0.25, 0.3) is 0 Å². The number of rotatable bonds is 8. The second kappa shape index (κ2) is 9.86. The second-order valence-electron chi connectivity index (χ2n) is 10.5. The summed E-state index contributed by atoms with van der Waals surface area (Å²) in [5, 5.41) is 30.6. The monoisotopic (exact) mass is 436 g/mol. The van der Waals surface area contributed by atoms with E-state index < -0.39 is 23.6 Å². The van der Waals surface area contributed by atoms with Crippen molar-refractivity contribution in [1.29, 1.82) is 0 Å². The number of aliphatic carboxylic acids is 1. The number of ether oxygens (including phenoxy) is 1. The zero-order valence-corrected chi connectivity index (χ0v) is 19.9. The highest BCUT2D eigenvalue weighted by Crippen LogP contribution is 2.61. The summed E-state index contributed by atoms with van der Waals surface area (Å²) in [6.45, 7) is 11.7. The van der Waals surface area contributed by atoms with Crippen LogP contribution >= 0.6 is 0 Å². The van der Waals surface area contributed by atoms with Gasteiger partial charge in [0.2, 0.25) is 0 Å². The highest BCUT2D eigenvalue weighted by atomic mass is 16.5. The molecular weight excluding hydrogens is 396 g/mol. The first-order chi connectivity index (χ1) is 14.3. The van der Waals surface area contributed by atoms with E-state index in [4.69, 9.17) is 9.84 Å². The standard InChI is InChI=1S/C25H40O6/c1-15(2)11-22(30)31-20-9-10-24(5)18(8-7-16(3)12-21(28)29)17(4)13-19(27)23(24)25(20,6)14-26/h12,15,19-20,23,26-27H,7-11,13-14H2,1-6H3,(H,28,29)/b16-12+/t19-,20-,23-,24-,25+/m1/s1. The third-order valence-electron chi connectivity index (χ3n) is 7.49. The van der Waals surface area contributed by atoms with Crippen molar-refractivity contribution in [2.45, 2.75) is 92.3 Å². The van der Waals surface area contributed by atoms with Gasteiger partial charge < -0.3 is 20.1 Å². The van der Waals surface area contributed by atoms with Crippen LogP contribution in [-0.4, -0.2) is 46.1 Å². The molecule has 0 heterocycles. The average Bonchev–Trinajstić information content (AvgIpc) is 2.62. The fourth-order valence-electron chi connectivity index (χ4n) is 6.13. The van der Waals surface area contributed by atoms with Crippen molar-refractivity contribution in [2.24, 2.45) is 22.7 Å². The van der Waals surface area contributed by atoms with Crippen molar-refractivity contribution in [3.05, 3.63) is 22.8 Å². The predicted octanol–water partition coefficient (Wildman–Crippen LogP) is 4.25. The molecule has 176 valence electrons. The van der Waals surface area contributed by atoms with Crippen LogP contribution in [0.2, 0.25) is 0 Å². The van der Waals surface area contributed by atoms with E-state index in [2.05, 4.69) is 6.92 Å². The molecule has 6 heteroatoms. The molecule has 0 radical (unpaired) electrons. The number of aliphatic hydroxyl groups is 2. The molecule has 0 spiro atoms. The third kappa shape index (κ3) is 5.40. The number of carbonyl (C=O) groups is 2. The number of esters is 1. The van der Waals surface area contributed by atoms with Crippen LogP contribution in [0.15, 0.2) is 22.8 Å². The summed E-state index contributed by atoms with van der Waals surface area (Å²) in [6.07, 6.45) is 3.76. The van der Waals surface area contributed by atoms with Crippen molar-refractivity contribution in [3.8, 4) is 0 Å². The molecular formula is C25H40O6.